The van der Waals surface area contributed by atoms with Crippen LogP contribution in [0.1, 0.15) is 121 Å². The summed E-state index contributed by atoms with van der Waals surface area (Å²) >= 11 is 1.47. The van der Waals surface area contributed by atoms with E-state index in [4.69, 9.17) is 9.47 Å². The molecule has 0 saturated carbocycles. The largest absolute Gasteiger partial charge is 0.465 e. The summed E-state index contributed by atoms with van der Waals surface area (Å²) in [7, 11) is 1.37. The van der Waals surface area contributed by atoms with Crippen LogP contribution in [-0.4, -0.2) is 54.4 Å². The number of fused-ring (bicyclic) bond motifs is 1. The first-order valence-electron chi connectivity index (χ1n) is 21.1. The Labute approximate surface area is 361 Å². The number of amides is 4. The Balaban J connectivity index is 1.11. The second-order valence-corrected chi connectivity index (χ2v) is 16.2. The summed E-state index contributed by atoms with van der Waals surface area (Å²) < 4.78 is 9.86. The van der Waals surface area contributed by atoms with Crippen molar-refractivity contribution >= 4 is 57.5 Å². The van der Waals surface area contributed by atoms with Gasteiger partial charge in [0.05, 0.1) is 30.4 Å². The minimum Gasteiger partial charge on any atom is -0.465 e. The minimum atomic E-state index is -0.422. The lowest BCUT2D eigenvalue weighted by atomic mass is 9.95. The highest BCUT2D eigenvalue weighted by Gasteiger charge is 2.27. The molecule has 0 aliphatic heterocycles. The van der Waals surface area contributed by atoms with E-state index in [0.29, 0.717) is 38.6 Å². The van der Waals surface area contributed by atoms with Crippen LogP contribution in [0.15, 0.2) is 97.1 Å². The van der Waals surface area contributed by atoms with Crippen LogP contribution < -0.4 is 16.0 Å². The van der Waals surface area contributed by atoms with Crippen molar-refractivity contribution < 1.29 is 33.4 Å². The summed E-state index contributed by atoms with van der Waals surface area (Å²) in [5, 5.41) is 9.66. The molecular formula is C49H54N4O7S. The molecule has 4 aromatic carbocycles. The molecule has 1 aliphatic carbocycles. The molecule has 11 nitrogen and oxygen atoms in total. The zero-order valence-corrected chi connectivity index (χ0v) is 36.1. The number of nitrogens with zero attached hydrogens (tertiary/aromatic N) is 1. The molecule has 12 heteroatoms. The molecular weight excluding hydrogens is 789 g/mol. The number of anilines is 3. The normalized spacial score (nSPS) is 12.0. The summed E-state index contributed by atoms with van der Waals surface area (Å²) in [4.78, 5) is 68.4. The number of nitrogens with one attached hydrogen (secondary N) is 3. The molecule has 0 radical (unpaired) electrons. The Kier molecular flexibility index (Phi) is 15.5. The maximum Gasteiger partial charge on any atom is 0.338 e. The molecule has 0 fully saturated rings. The van der Waals surface area contributed by atoms with E-state index in [2.05, 4.69) is 16.0 Å². The van der Waals surface area contributed by atoms with Crippen molar-refractivity contribution in [2.45, 2.75) is 91.1 Å². The van der Waals surface area contributed by atoms with Crippen molar-refractivity contribution in [1.29, 1.82) is 0 Å². The number of methoxy groups -OCH3 is 1. The highest BCUT2D eigenvalue weighted by molar-refractivity contribution is 7.17. The fourth-order valence-corrected chi connectivity index (χ4v) is 8.92. The number of rotatable bonds is 17. The average molecular weight is 843 g/mol. The predicted molar refractivity (Wildman–Crippen MR) is 241 cm³/mol. The second-order valence-electron chi connectivity index (χ2n) is 15.1. The van der Waals surface area contributed by atoms with Crippen LogP contribution in [0.5, 0.6) is 0 Å². The fraction of sp³-hybridized carbons (Fsp3) is 0.327. The molecule has 0 bridgehead atoms. The van der Waals surface area contributed by atoms with Gasteiger partial charge in [0.2, 0.25) is 0 Å². The van der Waals surface area contributed by atoms with E-state index in [1.165, 1.54) is 18.4 Å². The molecule has 0 spiro atoms. The van der Waals surface area contributed by atoms with E-state index in [1.807, 2.05) is 62.4 Å². The zero-order chi connectivity index (χ0) is 43.3. The highest BCUT2D eigenvalue weighted by Crippen LogP contribution is 2.39. The average Bonchev–Trinajstić information content (AvgIpc) is 3.65. The zero-order valence-electron chi connectivity index (χ0n) is 35.3. The molecule has 61 heavy (non-hydrogen) atoms. The van der Waals surface area contributed by atoms with Gasteiger partial charge >= 0.3 is 18.0 Å². The van der Waals surface area contributed by atoms with Gasteiger partial charge in [0.1, 0.15) is 5.00 Å². The van der Waals surface area contributed by atoms with Gasteiger partial charge in [-0.1, -0.05) is 50.2 Å². The lowest BCUT2D eigenvalue weighted by Gasteiger charge is -2.31. The first-order valence-corrected chi connectivity index (χ1v) is 21.9. The standard InChI is InChI=1S/C49H54N4O7S/c1-5-40(6-2)53(49(58)51-39-28-24-36(25-29-39)48(57)60-7-3)31-34-14-11-15-37(30-34)44(54)52-46-43(41-16-8-9-17-42(41)61-46)45(55)50-38-26-20-33(21-27-38)13-10-12-32-18-22-35(23-19-32)47(56)59-4/h11,14-15,18-30,40H,5-10,12-13,16-17,31H2,1-4H3,(H,50,55)(H,51,58)(H,52,54). The summed E-state index contributed by atoms with van der Waals surface area (Å²) in [6, 6.07) is 28.8. The number of hydrogen-bond acceptors (Lipinski definition) is 8. The van der Waals surface area contributed by atoms with Gasteiger partial charge < -0.3 is 30.3 Å². The lowest BCUT2D eigenvalue weighted by Crippen LogP contribution is -2.42. The quantitative estimate of drug-likeness (QED) is 0.0791. The number of benzene rings is 4. The van der Waals surface area contributed by atoms with Crippen LogP contribution in [0.25, 0.3) is 0 Å². The first kappa shape index (κ1) is 44.3. The Morgan fingerprint density at radius 2 is 1.28 bits per heavy atom. The van der Waals surface area contributed by atoms with Gasteiger partial charge in [-0.2, -0.15) is 0 Å². The summed E-state index contributed by atoms with van der Waals surface area (Å²) in [5.41, 5.74) is 7.17. The molecule has 1 aliphatic rings. The molecule has 318 valence electrons. The van der Waals surface area contributed by atoms with E-state index in [9.17, 15) is 24.0 Å². The topological polar surface area (TPSA) is 143 Å². The summed E-state index contributed by atoms with van der Waals surface area (Å²) in [5.74, 6) is -1.36. The smallest absolute Gasteiger partial charge is 0.338 e. The molecule has 5 aromatic rings. The maximum absolute atomic E-state index is 14.0. The van der Waals surface area contributed by atoms with Crippen LogP contribution in [0.2, 0.25) is 0 Å². The molecule has 6 rings (SSSR count). The number of ether oxygens (including phenoxy) is 2. The van der Waals surface area contributed by atoms with Crippen LogP contribution >= 0.6 is 11.3 Å². The predicted octanol–water partition coefficient (Wildman–Crippen LogP) is 10.5. The van der Waals surface area contributed by atoms with E-state index < -0.39 is 5.97 Å². The molecule has 1 heterocycles. The molecule has 1 aromatic heterocycles. The van der Waals surface area contributed by atoms with E-state index in [-0.39, 0.29) is 43.0 Å². The molecule has 0 atom stereocenters. The number of esters is 2. The van der Waals surface area contributed by atoms with E-state index >= 15 is 0 Å². The molecule has 0 unspecified atom stereocenters. The third-order valence-electron chi connectivity index (χ3n) is 11.0. The number of hydrogen-bond donors (Lipinski definition) is 3. The third kappa shape index (κ3) is 11.5. The van der Waals surface area contributed by atoms with Gasteiger partial charge in [0.25, 0.3) is 11.8 Å². The van der Waals surface area contributed by atoms with E-state index in [0.717, 1.165) is 84.9 Å². The van der Waals surface area contributed by atoms with Crippen LogP contribution in [-0.2, 0) is 41.7 Å². The maximum atomic E-state index is 14.0. The first-order chi connectivity index (χ1) is 29.6. The molecule has 4 amide bonds. The van der Waals surface area contributed by atoms with Crippen molar-refractivity contribution in [3.63, 3.8) is 0 Å². The second kappa shape index (κ2) is 21.3. The van der Waals surface area contributed by atoms with Crippen molar-refractivity contribution in [2.75, 3.05) is 29.7 Å². The molecule has 3 N–H and O–H groups in total. The highest BCUT2D eigenvalue weighted by atomic mass is 32.1. The van der Waals surface area contributed by atoms with E-state index in [1.54, 1.807) is 60.4 Å². The Hall–Kier alpha value is -6.27. The number of urea groups is 1. The Morgan fingerprint density at radius 3 is 1.93 bits per heavy atom. The van der Waals surface area contributed by atoms with Crippen molar-refractivity contribution in [2.24, 2.45) is 0 Å². The monoisotopic (exact) mass is 842 g/mol. The number of carbonyl (C=O) groups excluding carboxylic acids is 5. The number of carbonyl (C=O) groups is 5. The van der Waals surface area contributed by atoms with Crippen LogP contribution in [0.3, 0.4) is 0 Å². The minimum absolute atomic E-state index is 0.0592. The summed E-state index contributed by atoms with van der Waals surface area (Å²) in [6.45, 7) is 6.37. The van der Waals surface area contributed by atoms with Gasteiger partial charge in [-0.25, -0.2) is 14.4 Å². The van der Waals surface area contributed by atoms with Crippen LogP contribution in [0, 0.1) is 0 Å². The third-order valence-corrected chi connectivity index (χ3v) is 12.2. The Morgan fingerprint density at radius 1 is 0.672 bits per heavy atom. The SMILES string of the molecule is CCOC(=O)c1ccc(NC(=O)N(Cc2cccc(C(=O)Nc3sc4c(c3C(=O)Nc3ccc(CCCc5ccc(C(=O)OC)cc5)cc3)CCCC4)c2)C(CC)CC)cc1. The van der Waals surface area contributed by atoms with Gasteiger partial charge in [0.15, 0.2) is 0 Å². The van der Waals surface area contributed by atoms with Gasteiger partial charge in [-0.15, -0.1) is 11.3 Å². The fourth-order valence-electron chi connectivity index (χ4n) is 7.64. The lowest BCUT2D eigenvalue weighted by molar-refractivity contribution is 0.0525. The van der Waals surface area contributed by atoms with Gasteiger partial charge in [-0.3, -0.25) is 9.59 Å². The van der Waals surface area contributed by atoms with Gasteiger partial charge in [-0.05, 0) is 148 Å². The van der Waals surface area contributed by atoms with Crippen molar-refractivity contribution in [3.8, 4) is 0 Å². The van der Waals surface area contributed by atoms with Gasteiger partial charge in [0, 0.05) is 34.4 Å². The number of aryl methyl sites for hydroxylation is 3. The summed E-state index contributed by atoms with van der Waals surface area (Å²) in [6.07, 6.45) is 7.77. The van der Waals surface area contributed by atoms with Crippen molar-refractivity contribution in [3.05, 3.63) is 146 Å². The number of thiophene rings is 1. The van der Waals surface area contributed by atoms with Crippen molar-refractivity contribution in [1.82, 2.24) is 4.90 Å². The Bertz CT molecular complexity index is 2320. The van der Waals surface area contributed by atoms with Crippen LogP contribution in [0.4, 0.5) is 21.2 Å². The molecule has 0 saturated heterocycles.